The van der Waals surface area contributed by atoms with Crippen molar-refractivity contribution in [1.82, 2.24) is 0 Å². The van der Waals surface area contributed by atoms with Gasteiger partial charge in [0.2, 0.25) is 0 Å². The van der Waals surface area contributed by atoms with E-state index in [9.17, 15) is 0 Å². The first-order valence-corrected chi connectivity index (χ1v) is 4.17. The molecule has 1 aromatic carbocycles. The molecule has 1 atom stereocenters. The molecule has 1 rings (SSSR count). The van der Waals surface area contributed by atoms with Crippen LogP contribution in [0.5, 0.6) is 0 Å². The summed E-state index contributed by atoms with van der Waals surface area (Å²) in [6.45, 7) is 0. The molecule has 1 unspecified atom stereocenters. The topological polar surface area (TPSA) is 20.2 Å². The van der Waals surface area contributed by atoms with Crippen LogP contribution in [0.1, 0.15) is 5.56 Å². The zero-order chi connectivity index (χ0) is 8.81. The lowest BCUT2D eigenvalue weighted by Crippen LogP contribution is -2.03. The van der Waals surface area contributed by atoms with Gasteiger partial charge in [-0.3, -0.25) is 0 Å². The summed E-state index contributed by atoms with van der Waals surface area (Å²) >= 11 is 5.37. The van der Waals surface area contributed by atoms with Crippen LogP contribution < -0.4 is 0 Å². The molecule has 2 heteroatoms. The molecule has 0 aliphatic carbocycles. The Morgan fingerprint density at radius 2 is 2.00 bits per heavy atom. The molecule has 62 valence electrons. The Balaban J connectivity index is 2.67. The summed E-state index contributed by atoms with van der Waals surface area (Å²) < 4.78 is 0. The van der Waals surface area contributed by atoms with Crippen LogP contribution in [0.2, 0.25) is 0 Å². The van der Waals surface area contributed by atoms with Crippen molar-refractivity contribution in [1.29, 1.82) is 0 Å². The summed E-state index contributed by atoms with van der Waals surface area (Å²) in [6, 6.07) is 9.49. The Hall–Kier alpha value is -0.970. The number of hydrogen-bond donors (Lipinski definition) is 1. The lowest BCUT2D eigenvalue weighted by Gasteiger charge is -1.92. The molecular formula is C10H9ClO. The molecule has 0 saturated heterocycles. The van der Waals surface area contributed by atoms with E-state index >= 15 is 0 Å². The van der Waals surface area contributed by atoms with E-state index in [1.165, 1.54) is 0 Å². The molecule has 1 aromatic rings. The summed E-state index contributed by atoms with van der Waals surface area (Å²) in [6.07, 6.45) is -0.730. The van der Waals surface area contributed by atoms with E-state index in [-0.39, 0.29) is 5.88 Å². The molecule has 0 saturated carbocycles. The molecule has 1 N–H and O–H groups in total. The van der Waals surface area contributed by atoms with Crippen LogP contribution in [0.4, 0.5) is 0 Å². The molecule has 0 fully saturated rings. The van der Waals surface area contributed by atoms with Crippen LogP contribution in [0, 0.1) is 11.8 Å². The summed E-state index contributed by atoms with van der Waals surface area (Å²) in [7, 11) is 0. The fourth-order valence-corrected chi connectivity index (χ4v) is 0.804. The molecule has 0 aliphatic rings. The van der Waals surface area contributed by atoms with E-state index in [0.717, 1.165) is 5.56 Å². The Morgan fingerprint density at radius 3 is 2.58 bits per heavy atom. The van der Waals surface area contributed by atoms with Crippen molar-refractivity contribution in [3.63, 3.8) is 0 Å². The van der Waals surface area contributed by atoms with Gasteiger partial charge in [-0.25, -0.2) is 0 Å². The standard InChI is InChI=1S/C10H9ClO/c11-8-10(12)7-6-9-4-2-1-3-5-9/h1-5,10,12H,8H2. The van der Waals surface area contributed by atoms with Crippen molar-refractivity contribution in [2.75, 3.05) is 5.88 Å². The fourth-order valence-electron chi connectivity index (χ4n) is 0.727. The molecule has 0 spiro atoms. The lowest BCUT2D eigenvalue weighted by atomic mass is 10.2. The minimum absolute atomic E-state index is 0.153. The number of alkyl halides is 1. The SMILES string of the molecule is OC(C#Cc1ccccc1)CCl. The number of hydrogen-bond acceptors (Lipinski definition) is 1. The smallest absolute Gasteiger partial charge is 0.128 e. The molecular weight excluding hydrogens is 172 g/mol. The summed E-state index contributed by atoms with van der Waals surface area (Å²) in [5, 5.41) is 9.01. The highest BCUT2D eigenvalue weighted by Crippen LogP contribution is 1.95. The third-order valence-corrected chi connectivity index (χ3v) is 1.60. The van der Waals surface area contributed by atoms with Gasteiger partial charge in [0.1, 0.15) is 6.10 Å². The van der Waals surface area contributed by atoms with Gasteiger partial charge in [0.25, 0.3) is 0 Å². The van der Waals surface area contributed by atoms with Crippen molar-refractivity contribution in [3.8, 4) is 11.8 Å². The van der Waals surface area contributed by atoms with Crippen molar-refractivity contribution < 1.29 is 5.11 Å². The highest BCUT2D eigenvalue weighted by atomic mass is 35.5. The maximum absolute atomic E-state index is 9.01. The van der Waals surface area contributed by atoms with Crippen LogP contribution in [0.25, 0.3) is 0 Å². The second kappa shape index (κ2) is 4.82. The predicted molar refractivity (Wildman–Crippen MR) is 50.0 cm³/mol. The second-order valence-electron chi connectivity index (χ2n) is 2.31. The molecule has 0 bridgehead atoms. The number of benzene rings is 1. The van der Waals surface area contributed by atoms with E-state index in [1.807, 2.05) is 30.3 Å². The Bertz CT molecular complexity index is 284. The highest BCUT2D eigenvalue weighted by Gasteiger charge is 1.92. The summed E-state index contributed by atoms with van der Waals surface area (Å²) in [4.78, 5) is 0. The maximum atomic E-state index is 9.01. The number of aliphatic hydroxyl groups excluding tert-OH is 1. The Kier molecular flexibility index (Phi) is 3.66. The van der Waals surface area contributed by atoms with Gasteiger partial charge in [0.15, 0.2) is 0 Å². The normalized spacial score (nSPS) is 11.5. The van der Waals surface area contributed by atoms with Gasteiger partial charge in [-0.15, -0.1) is 11.6 Å². The second-order valence-corrected chi connectivity index (χ2v) is 2.61. The Morgan fingerprint density at radius 1 is 1.33 bits per heavy atom. The van der Waals surface area contributed by atoms with Crippen LogP contribution >= 0.6 is 11.6 Å². The Labute approximate surface area is 77.0 Å². The van der Waals surface area contributed by atoms with E-state index in [1.54, 1.807) is 0 Å². The quantitative estimate of drug-likeness (QED) is 0.515. The zero-order valence-electron chi connectivity index (χ0n) is 6.50. The van der Waals surface area contributed by atoms with Crippen molar-refractivity contribution in [2.45, 2.75) is 6.10 Å². The van der Waals surface area contributed by atoms with Crippen LogP contribution in [-0.2, 0) is 0 Å². The monoisotopic (exact) mass is 180 g/mol. The average Bonchev–Trinajstić information content (AvgIpc) is 2.16. The molecule has 0 amide bonds. The van der Waals surface area contributed by atoms with E-state index < -0.39 is 6.10 Å². The van der Waals surface area contributed by atoms with Crippen LogP contribution in [-0.4, -0.2) is 17.1 Å². The van der Waals surface area contributed by atoms with E-state index in [4.69, 9.17) is 16.7 Å². The first-order chi connectivity index (χ1) is 5.83. The maximum Gasteiger partial charge on any atom is 0.128 e. The van der Waals surface area contributed by atoms with Gasteiger partial charge < -0.3 is 5.11 Å². The van der Waals surface area contributed by atoms with Crippen LogP contribution in [0.15, 0.2) is 30.3 Å². The molecule has 12 heavy (non-hydrogen) atoms. The third kappa shape index (κ3) is 2.96. The van der Waals surface area contributed by atoms with Gasteiger partial charge >= 0.3 is 0 Å². The van der Waals surface area contributed by atoms with Gasteiger partial charge in [0, 0.05) is 5.56 Å². The third-order valence-electron chi connectivity index (χ3n) is 1.30. The number of rotatable bonds is 1. The largest absolute Gasteiger partial charge is 0.379 e. The average molecular weight is 181 g/mol. The first-order valence-electron chi connectivity index (χ1n) is 3.63. The summed E-state index contributed by atoms with van der Waals surface area (Å²) in [5.74, 6) is 5.59. The highest BCUT2D eigenvalue weighted by molar-refractivity contribution is 6.18. The van der Waals surface area contributed by atoms with Crippen molar-refractivity contribution in [2.24, 2.45) is 0 Å². The minimum atomic E-state index is -0.730. The number of aliphatic hydroxyl groups is 1. The van der Waals surface area contributed by atoms with Crippen LogP contribution in [0.3, 0.4) is 0 Å². The molecule has 1 nitrogen and oxygen atoms in total. The number of halogens is 1. The van der Waals surface area contributed by atoms with E-state index in [2.05, 4.69) is 11.8 Å². The molecule has 0 aromatic heterocycles. The zero-order valence-corrected chi connectivity index (χ0v) is 7.25. The van der Waals surface area contributed by atoms with Gasteiger partial charge in [0.05, 0.1) is 5.88 Å². The van der Waals surface area contributed by atoms with Gasteiger partial charge in [-0.2, -0.15) is 0 Å². The first kappa shape index (κ1) is 9.12. The van der Waals surface area contributed by atoms with Crippen molar-refractivity contribution >= 4 is 11.6 Å². The fraction of sp³-hybridized carbons (Fsp3) is 0.200. The lowest BCUT2D eigenvalue weighted by molar-refractivity contribution is 0.256. The predicted octanol–water partition coefficient (Wildman–Crippen LogP) is 1.64. The molecule has 0 aliphatic heterocycles. The van der Waals surface area contributed by atoms with Gasteiger partial charge in [-0.1, -0.05) is 30.0 Å². The van der Waals surface area contributed by atoms with Gasteiger partial charge in [-0.05, 0) is 12.1 Å². The van der Waals surface area contributed by atoms with E-state index in [0.29, 0.717) is 0 Å². The minimum Gasteiger partial charge on any atom is -0.379 e. The molecule has 0 radical (unpaired) electrons. The molecule has 0 heterocycles. The summed E-state index contributed by atoms with van der Waals surface area (Å²) in [5.41, 5.74) is 0.890. The van der Waals surface area contributed by atoms with Crippen molar-refractivity contribution in [3.05, 3.63) is 35.9 Å².